The molecule has 0 saturated carbocycles. The molecule has 0 aromatic heterocycles. The maximum atomic E-state index is 12.9. The van der Waals surface area contributed by atoms with Crippen LogP contribution in [-0.4, -0.2) is 11.6 Å². The molecule has 0 atom stereocenters. The summed E-state index contributed by atoms with van der Waals surface area (Å²) in [5, 5.41) is 0. The molecule has 4 heteroatoms. The quantitative estimate of drug-likeness (QED) is 0.594. The van der Waals surface area contributed by atoms with Crippen molar-refractivity contribution >= 4 is 35.1 Å². The Labute approximate surface area is 149 Å². The van der Waals surface area contributed by atoms with Crippen molar-refractivity contribution in [2.75, 3.05) is 0 Å². The molecule has 2 aliphatic rings. The van der Waals surface area contributed by atoms with E-state index in [2.05, 4.69) is 0 Å². The molecule has 2 aliphatic heterocycles. The van der Waals surface area contributed by atoms with Gasteiger partial charge in [0.15, 0.2) is 0 Å². The number of carbonyl (C=O) groups is 2. The van der Waals surface area contributed by atoms with Gasteiger partial charge in [0.2, 0.25) is 11.6 Å². The highest BCUT2D eigenvalue weighted by Gasteiger charge is 2.37. The second kappa shape index (κ2) is 5.36. The van der Waals surface area contributed by atoms with E-state index in [4.69, 9.17) is 0 Å². The van der Waals surface area contributed by atoms with Crippen LogP contribution in [0.2, 0.25) is 0 Å². The normalized spacial score (nSPS) is 19.0. The molecule has 2 nitrogen and oxygen atoms in total. The topological polar surface area (TPSA) is 34.1 Å². The standard InChI is InChI=1S/C20H16O2S2/c1-9-5-11(3)15-13(7-9)23-19(17(15)21)20-18(22)16-12(4)6-10(2)8-14(16)24-20/h5-8H,1-4H3/b20-19+. The summed E-state index contributed by atoms with van der Waals surface area (Å²) in [7, 11) is 0. The third-order valence-corrected chi connectivity index (χ3v) is 6.78. The van der Waals surface area contributed by atoms with Gasteiger partial charge in [-0.25, -0.2) is 0 Å². The molecule has 0 aliphatic carbocycles. The smallest absolute Gasteiger partial charge is 0.202 e. The number of Topliss-reactive ketones (excluding diaryl/α,β-unsaturated/α-hetero) is 2. The molecule has 0 amide bonds. The van der Waals surface area contributed by atoms with E-state index < -0.39 is 0 Å². The van der Waals surface area contributed by atoms with Gasteiger partial charge in [0.25, 0.3) is 0 Å². The number of hydrogen-bond acceptors (Lipinski definition) is 4. The molecular formula is C20H16O2S2. The molecule has 0 fully saturated rings. The Hall–Kier alpha value is -1.78. The van der Waals surface area contributed by atoms with Crippen molar-refractivity contribution in [1.82, 2.24) is 0 Å². The van der Waals surface area contributed by atoms with Crippen LogP contribution in [-0.2, 0) is 0 Å². The van der Waals surface area contributed by atoms with Crippen molar-refractivity contribution in [2.45, 2.75) is 37.5 Å². The summed E-state index contributed by atoms with van der Waals surface area (Å²) < 4.78 is 0. The average Bonchev–Trinajstić information content (AvgIpc) is 2.96. The van der Waals surface area contributed by atoms with Gasteiger partial charge in [-0.3, -0.25) is 9.59 Å². The van der Waals surface area contributed by atoms with Gasteiger partial charge in [-0.1, -0.05) is 35.7 Å². The average molecular weight is 352 g/mol. The molecular weight excluding hydrogens is 336 g/mol. The molecule has 0 radical (unpaired) electrons. The number of allylic oxidation sites excluding steroid dienone is 2. The Balaban J connectivity index is 1.86. The lowest BCUT2D eigenvalue weighted by atomic mass is 9.99. The van der Waals surface area contributed by atoms with Crippen molar-refractivity contribution in [2.24, 2.45) is 0 Å². The van der Waals surface area contributed by atoms with Gasteiger partial charge in [0, 0.05) is 20.9 Å². The highest BCUT2D eigenvalue weighted by molar-refractivity contribution is 8.08. The largest absolute Gasteiger partial charge is 0.288 e. The number of hydrogen-bond donors (Lipinski definition) is 0. The van der Waals surface area contributed by atoms with Crippen LogP contribution < -0.4 is 0 Å². The predicted molar refractivity (Wildman–Crippen MR) is 99.2 cm³/mol. The first kappa shape index (κ1) is 15.7. The maximum absolute atomic E-state index is 12.9. The van der Waals surface area contributed by atoms with Crippen molar-refractivity contribution in [3.63, 3.8) is 0 Å². The van der Waals surface area contributed by atoms with Crippen LogP contribution >= 0.6 is 23.5 Å². The van der Waals surface area contributed by atoms with E-state index >= 15 is 0 Å². The van der Waals surface area contributed by atoms with E-state index in [9.17, 15) is 9.59 Å². The summed E-state index contributed by atoms with van der Waals surface area (Å²) in [6.45, 7) is 7.98. The van der Waals surface area contributed by atoms with E-state index in [1.165, 1.54) is 23.5 Å². The highest BCUT2D eigenvalue weighted by atomic mass is 32.2. The lowest BCUT2D eigenvalue weighted by Gasteiger charge is -2.02. The molecule has 0 spiro atoms. The number of ketones is 2. The highest BCUT2D eigenvalue weighted by Crippen LogP contribution is 2.51. The number of fused-ring (bicyclic) bond motifs is 2. The third kappa shape index (κ3) is 2.20. The fourth-order valence-electron chi connectivity index (χ4n) is 3.44. The Bertz CT molecular complexity index is 904. The molecule has 0 bridgehead atoms. The van der Waals surface area contributed by atoms with Gasteiger partial charge in [0.05, 0.1) is 9.81 Å². The summed E-state index contributed by atoms with van der Waals surface area (Å²) in [6, 6.07) is 8.11. The van der Waals surface area contributed by atoms with Crippen LogP contribution in [0.4, 0.5) is 0 Å². The van der Waals surface area contributed by atoms with Gasteiger partial charge < -0.3 is 0 Å². The molecule has 120 valence electrons. The molecule has 0 N–H and O–H groups in total. The molecule has 0 saturated heterocycles. The van der Waals surface area contributed by atoms with Gasteiger partial charge >= 0.3 is 0 Å². The summed E-state index contributed by atoms with van der Waals surface area (Å²) in [5.41, 5.74) is 5.75. The van der Waals surface area contributed by atoms with E-state index in [1.807, 2.05) is 52.0 Å². The zero-order valence-electron chi connectivity index (χ0n) is 13.9. The van der Waals surface area contributed by atoms with E-state index in [0.717, 1.165) is 43.2 Å². The lowest BCUT2D eigenvalue weighted by molar-refractivity contribution is 0.101. The van der Waals surface area contributed by atoms with Crippen molar-refractivity contribution in [3.8, 4) is 0 Å². The van der Waals surface area contributed by atoms with Gasteiger partial charge in [-0.05, 0) is 62.1 Å². The van der Waals surface area contributed by atoms with Crippen molar-refractivity contribution in [1.29, 1.82) is 0 Å². The number of carbonyl (C=O) groups excluding carboxylic acids is 2. The number of benzene rings is 2. The summed E-state index contributed by atoms with van der Waals surface area (Å²) in [5.74, 6) is -0.0175. The van der Waals surface area contributed by atoms with Crippen molar-refractivity contribution < 1.29 is 9.59 Å². The fourth-order valence-corrected chi connectivity index (χ4v) is 6.09. The monoisotopic (exact) mass is 352 g/mol. The molecule has 2 heterocycles. The Kier molecular flexibility index (Phi) is 3.52. The first-order valence-corrected chi connectivity index (χ1v) is 9.42. The first-order chi connectivity index (χ1) is 11.4. The minimum atomic E-state index is -0.00877. The summed E-state index contributed by atoms with van der Waals surface area (Å²) in [6.07, 6.45) is 0. The van der Waals surface area contributed by atoms with Gasteiger partial charge in [-0.15, -0.1) is 0 Å². The number of rotatable bonds is 0. The maximum Gasteiger partial charge on any atom is 0.202 e. The zero-order chi connectivity index (χ0) is 17.2. The van der Waals surface area contributed by atoms with Crippen LogP contribution in [0.1, 0.15) is 43.0 Å². The van der Waals surface area contributed by atoms with Crippen LogP contribution in [0, 0.1) is 27.7 Å². The Morgan fingerprint density at radius 3 is 1.38 bits per heavy atom. The molecule has 0 unspecified atom stereocenters. The van der Waals surface area contributed by atoms with Gasteiger partial charge in [0.1, 0.15) is 0 Å². The number of thioether (sulfide) groups is 2. The van der Waals surface area contributed by atoms with Crippen LogP contribution in [0.5, 0.6) is 0 Å². The third-order valence-electron chi connectivity index (χ3n) is 4.38. The predicted octanol–water partition coefficient (Wildman–Crippen LogP) is 5.41. The second-order valence-corrected chi connectivity index (χ2v) is 8.53. The van der Waals surface area contributed by atoms with Crippen LogP contribution in [0.3, 0.4) is 0 Å². The Morgan fingerprint density at radius 1 is 0.625 bits per heavy atom. The molecule has 24 heavy (non-hydrogen) atoms. The minimum Gasteiger partial charge on any atom is -0.288 e. The second-order valence-electron chi connectivity index (χ2n) is 6.43. The summed E-state index contributed by atoms with van der Waals surface area (Å²) in [4.78, 5) is 28.9. The zero-order valence-corrected chi connectivity index (χ0v) is 15.6. The van der Waals surface area contributed by atoms with Gasteiger partial charge in [-0.2, -0.15) is 0 Å². The lowest BCUT2D eigenvalue weighted by Crippen LogP contribution is -2.04. The number of aryl methyl sites for hydroxylation is 4. The summed E-state index contributed by atoms with van der Waals surface area (Å²) >= 11 is 2.89. The first-order valence-electron chi connectivity index (χ1n) is 7.78. The SMILES string of the molecule is Cc1cc(C)c2c(c1)S/C(=C1/Sc3cc(C)cc(C)c3C1=O)C2=O. The molecule has 4 rings (SSSR count). The van der Waals surface area contributed by atoms with Crippen LogP contribution in [0.25, 0.3) is 0 Å². The van der Waals surface area contributed by atoms with E-state index in [-0.39, 0.29) is 11.6 Å². The van der Waals surface area contributed by atoms with Crippen LogP contribution in [0.15, 0.2) is 43.9 Å². The molecule has 2 aromatic carbocycles. The van der Waals surface area contributed by atoms with E-state index in [0.29, 0.717) is 9.81 Å². The minimum absolute atomic E-state index is 0.00877. The van der Waals surface area contributed by atoms with E-state index in [1.54, 1.807) is 0 Å². The van der Waals surface area contributed by atoms with Crippen molar-refractivity contribution in [3.05, 3.63) is 67.5 Å². The molecule has 2 aromatic rings. The fraction of sp³-hybridized carbons (Fsp3) is 0.200. The Morgan fingerprint density at radius 2 is 1.00 bits per heavy atom.